The van der Waals surface area contributed by atoms with Gasteiger partial charge in [0.2, 0.25) is 0 Å². The van der Waals surface area contributed by atoms with E-state index < -0.39 is 0 Å². The van der Waals surface area contributed by atoms with Gasteiger partial charge in [-0.25, -0.2) is 4.98 Å². The molecule has 19 heavy (non-hydrogen) atoms. The molecule has 1 unspecified atom stereocenters. The predicted molar refractivity (Wildman–Crippen MR) is 79.2 cm³/mol. The van der Waals surface area contributed by atoms with Crippen molar-refractivity contribution in [2.24, 2.45) is 5.73 Å². The lowest BCUT2D eigenvalue weighted by Gasteiger charge is -2.11. The Labute approximate surface area is 116 Å². The second-order valence-electron chi connectivity index (χ2n) is 4.63. The molecule has 0 fully saturated rings. The smallest absolute Gasteiger partial charge is 0.0897 e. The van der Waals surface area contributed by atoms with Crippen LogP contribution in [0.15, 0.2) is 41.9 Å². The highest BCUT2D eigenvalue weighted by atomic mass is 32.1. The number of hydrogen-bond donors (Lipinski definition) is 1. The van der Waals surface area contributed by atoms with Gasteiger partial charge in [0.15, 0.2) is 0 Å². The molecule has 0 spiro atoms. The summed E-state index contributed by atoms with van der Waals surface area (Å²) in [5.41, 5.74) is 9.37. The van der Waals surface area contributed by atoms with Gasteiger partial charge in [0, 0.05) is 29.4 Å². The van der Waals surface area contributed by atoms with Gasteiger partial charge in [-0.15, -0.1) is 11.3 Å². The molecule has 0 saturated heterocycles. The topological polar surface area (TPSA) is 51.8 Å². The van der Waals surface area contributed by atoms with Crippen LogP contribution >= 0.6 is 11.3 Å². The number of nitrogens with two attached hydrogens (primary N) is 1. The molecule has 0 radical (unpaired) electrons. The first-order valence-electron chi connectivity index (χ1n) is 6.23. The van der Waals surface area contributed by atoms with Gasteiger partial charge in [-0.3, -0.25) is 4.98 Å². The highest BCUT2D eigenvalue weighted by molar-refractivity contribution is 7.09. The molecular weight excluding hydrogens is 254 g/mol. The fourth-order valence-electron chi connectivity index (χ4n) is 2.14. The van der Waals surface area contributed by atoms with E-state index >= 15 is 0 Å². The summed E-state index contributed by atoms with van der Waals surface area (Å²) in [7, 11) is 0. The van der Waals surface area contributed by atoms with Gasteiger partial charge in [-0.05, 0) is 24.6 Å². The van der Waals surface area contributed by atoms with Crippen molar-refractivity contribution < 1.29 is 0 Å². The van der Waals surface area contributed by atoms with Gasteiger partial charge in [0.25, 0.3) is 0 Å². The van der Waals surface area contributed by atoms with Gasteiger partial charge in [-0.2, -0.15) is 0 Å². The second-order valence-corrected chi connectivity index (χ2v) is 5.69. The Balaban J connectivity index is 1.86. The van der Waals surface area contributed by atoms with Gasteiger partial charge < -0.3 is 5.73 Å². The van der Waals surface area contributed by atoms with E-state index in [2.05, 4.69) is 27.5 Å². The highest BCUT2D eigenvalue weighted by Crippen LogP contribution is 2.20. The zero-order valence-corrected chi connectivity index (χ0v) is 11.5. The predicted octanol–water partition coefficient (Wildman–Crippen LogP) is 3.24. The largest absolute Gasteiger partial charge is 0.324 e. The van der Waals surface area contributed by atoms with Gasteiger partial charge >= 0.3 is 0 Å². The van der Waals surface area contributed by atoms with Crippen LogP contribution in [0.1, 0.15) is 22.3 Å². The van der Waals surface area contributed by atoms with E-state index in [1.807, 2.05) is 31.3 Å². The van der Waals surface area contributed by atoms with Crippen molar-refractivity contribution >= 4 is 22.2 Å². The fourth-order valence-corrected chi connectivity index (χ4v) is 2.76. The number of nitrogens with zero attached hydrogens (tertiary/aromatic N) is 2. The normalized spacial score (nSPS) is 12.7. The molecule has 3 aromatic rings. The second kappa shape index (κ2) is 5.07. The highest BCUT2D eigenvalue weighted by Gasteiger charge is 2.10. The van der Waals surface area contributed by atoms with Crippen molar-refractivity contribution in [3.63, 3.8) is 0 Å². The zero-order valence-electron chi connectivity index (χ0n) is 10.7. The molecule has 0 aliphatic heterocycles. The van der Waals surface area contributed by atoms with Crippen LogP contribution in [0.4, 0.5) is 0 Å². The standard InChI is InChI=1S/C15H15N3S/c1-10-18-13(9-19-10)7-14(16)12-6-11-4-2-3-5-15(11)17-8-12/h2-6,8-9,14H,7,16H2,1H3. The van der Waals surface area contributed by atoms with Crippen LogP contribution in [-0.2, 0) is 6.42 Å². The number of thiazole rings is 1. The molecular formula is C15H15N3S. The Morgan fingerprint density at radius 3 is 2.95 bits per heavy atom. The molecule has 0 saturated carbocycles. The summed E-state index contributed by atoms with van der Waals surface area (Å²) >= 11 is 1.66. The van der Waals surface area contributed by atoms with E-state index in [1.54, 1.807) is 11.3 Å². The molecule has 3 rings (SSSR count). The lowest BCUT2D eigenvalue weighted by molar-refractivity contribution is 0.707. The summed E-state index contributed by atoms with van der Waals surface area (Å²) in [5.74, 6) is 0. The molecule has 0 amide bonds. The minimum absolute atomic E-state index is 0.0568. The van der Waals surface area contributed by atoms with Gasteiger partial charge in [0.05, 0.1) is 16.2 Å². The molecule has 0 aliphatic carbocycles. The molecule has 2 aromatic heterocycles. The Bertz CT molecular complexity index is 705. The maximum absolute atomic E-state index is 6.25. The Morgan fingerprint density at radius 1 is 1.32 bits per heavy atom. The SMILES string of the molecule is Cc1nc(CC(N)c2cnc3ccccc3c2)cs1. The average Bonchev–Trinajstić information content (AvgIpc) is 2.83. The molecule has 2 heterocycles. The number of hydrogen-bond acceptors (Lipinski definition) is 4. The molecule has 4 heteroatoms. The van der Waals surface area contributed by atoms with Gasteiger partial charge in [0.1, 0.15) is 0 Å². The summed E-state index contributed by atoms with van der Waals surface area (Å²) in [5, 5.41) is 4.28. The summed E-state index contributed by atoms with van der Waals surface area (Å²) < 4.78 is 0. The zero-order chi connectivity index (χ0) is 13.2. The van der Waals surface area contributed by atoms with Crippen molar-refractivity contribution in [3.05, 3.63) is 58.2 Å². The number of aromatic nitrogens is 2. The maximum atomic E-state index is 6.25. The molecule has 0 bridgehead atoms. The van der Waals surface area contributed by atoms with Crippen molar-refractivity contribution in [1.29, 1.82) is 0 Å². The first-order chi connectivity index (χ1) is 9.22. The van der Waals surface area contributed by atoms with E-state index in [0.717, 1.165) is 33.6 Å². The number of fused-ring (bicyclic) bond motifs is 1. The summed E-state index contributed by atoms with van der Waals surface area (Å²) in [6.07, 6.45) is 2.62. The van der Waals surface area contributed by atoms with Crippen molar-refractivity contribution in [3.8, 4) is 0 Å². The molecule has 2 N–H and O–H groups in total. The fraction of sp³-hybridized carbons (Fsp3) is 0.200. The van der Waals surface area contributed by atoms with Crippen LogP contribution in [0.5, 0.6) is 0 Å². The molecule has 96 valence electrons. The number of rotatable bonds is 3. The minimum atomic E-state index is -0.0568. The third kappa shape index (κ3) is 2.64. The third-order valence-electron chi connectivity index (χ3n) is 3.14. The summed E-state index contributed by atoms with van der Waals surface area (Å²) in [4.78, 5) is 8.91. The number of benzene rings is 1. The molecule has 1 aromatic carbocycles. The maximum Gasteiger partial charge on any atom is 0.0897 e. The van der Waals surface area contributed by atoms with Crippen molar-refractivity contribution in [2.45, 2.75) is 19.4 Å². The average molecular weight is 269 g/mol. The summed E-state index contributed by atoms with van der Waals surface area (Å²) in [6.45, 7) is 2.01. The monoisotopic (exact) mass is 269 g/mol. The number of pyridine rings is 1. The van der Waals surface area contributed by atoms with Crippen LogP contribution < -0.4 is 5.73 Å². The van der Waals surface area contributed by atoms with Crippen LogP contribution in [0.2, 0.25) is 0 Å². The van der Waals surface area contributed by atoms with E-state index in [-0.39, 0.29) is 6.04 Å². The Hall–Kier alpha value is -1.78. The Kier molecular flexibility index (Phi) is 3.27. The quantitative estimate of drug-likeness (QED) is 0.794. The Morgan fingerprint density at radius 2 is 2.16 bits per heavy atom. The van der Waals surface area contributed by atoms with Crippen molar-refractivity contribution in [1.82, 2.24) is 9.97 Å². The number of para-hydroxylation sites is 1. The lowest BCUT2D eigenvalue weighted by atomic mass is 10.0. The third-order valence-corrected chi connectivity index (χ3v) is 3.96. The van der Waals surface area contributed by atoms with E-state index in [9.17, 15) is 0 Å². The van der Waals surface area contributed by atoms with Crippen LogP contribution in [-0.4, -0.2) is 9.97 Å². The van der Waals surface area contributed by atoms with E-state index in [0.29, 0.717) is 0 Å². The van der Waals surface area contributed by atoms with E-state index in [4.69, 9.17) is 5.73 Å². The van der Waals surface area contributed by atoms with Crippen LogP contribution in [0.3, 0.4) is 0 Å². The van der Waals surface area contributed by atoms with Crippen molar-refractivity contribution in [2.75, 3.05) is 0 Å². The number of aryl methyl sites for hydroxylation is 1. The van der Waals surface area contributed by atoms with Crippen LogP contribution in [0.25, 0.3) is 10.9 Å². The van der Waals surface area contributed by atoms with Crippen LogP contribution in [0, 0.1) is 6.92 Å². The molecule has 3 nitrogen and oxygen atoms in total. The summed E-state index contributed by atoms with van der Waals surface area (Å²) in [6, 6.07) is 10.1. The van der Waals surface area contributed by atoms with Gasteiger partial charge in [-0.1, -0.05) is 18.2 Å². The first-order valence-corrected chi connectivity index (χ1v) is 7.11. The van der Waals surface area contributed by atoms with E-state index in [1.165, 1.54) is 0 Å². The lowest BCUT2D eigenvalue weighted by Crippen LogP contribution is -2.13. The first kappa shape index (κ1) is 12.3. The molecule has 0 aliphatic rings. The molecule has 1 atom stereocenters. The minimum Gasteiger partial charge on any atom is -0.324 e.